The summed E-state index contributed by atoms with van der Waals surface area (Å²) in [6, 6.07) is -1.06. The lowest BCUT2D eigenvalue weighted by Crippen LogP contribution is -2.52. The fraction of sp³-hybridized carbons (Fsp3) is 0.875. The maximum absolute atomic E-state index is 12.0. The van der Waals surface area contributed by atoms with Gasteiger partial charge in [0.05, 0.1) is 0 Å². The molecule has 3 N–H and O–H groups in total. The second kappa shape index (κ2) is 8.90. The summed E-state index contributed by atoms with van der Waals surface area (Å²) in [4.78, 5) is 23.4. The molecule has 1 aliphatic rings. The van der Waals surface area contributed by atoms with E-state index in [9.17, 15) is 14.7 Å². The number of carboxylic acids is 1. The van der Waals surface area contributed by atoms with Gasteiger partial charge >= 0.3 is 12.0 Å². The molecule has 3 unspecified atom stereocenters. The minimum absolute atomic E-state index is 0.0563. The minimum Gasteiger partial charge on any atom is -0.480 e. The van der Waals surface area contributed by atoms with Gasteiger partial charge in [0.15, 0.2) is 0 Å². The predicted octanol–water partition coefficient (Wildman–Crippen LogP) is 3.14. The Morgan fingerprint density at radius 2 is 1.76 bits per heavy atom. The third kappa shape index (κ3) is 6.36. The Hall–Kier alpha value is -1.26. The molecule has 0 aromatic heterocycles. The molecule has 0 heterocycles. The Labute approximate surface area is 127 Å². The van der Waals surface area contributed by atoms with Gasteiger partial charge in [0.25, 0.3) is 0 Å². The van der Waals surface area contributed by atoms with E-state index in [1.165, 1.54) is 6.42 Å². The van der Waals surface area contributed by atoms with Gasteiger partial charge in [0.1, 0.15) is 6.04 Å². The lowest BCUT2D eigenvalue weighted by molar-refractivity contribution is -0.141. The van der Waals surface area contributed by atoms with Crippen molar-refractivity contribution in [1.29, 1.82) is 0 Å². The van der Waals surface area contributed by atoms with E-state index in [0.717, 1.165) is 38.5 Å². The zero-order chi connectivity index (χ0) is 15.8. The topological polar surface area (TPSA) is 78.4 Å². The van der Waals surface area contributed by atoms with Gasteiger partial charge in [0.2, 0.25) is 0 Å². The first-order valence-corrected chi connectivity index (χ1v) is 8.23. The van der Waals surface area contributed by atoms with Crippen LogP contribution in [-0.2, 0) is 4.79 Å². The molecular formula is C16H30N2O3. The van der Waals surface area contributed by atoms with Crippen LogP contribution in [0.15, 0.2) is 0 Å². The molecule has 1 fully saturated rings. The predicted molar refractivity (Wildman–Crippen MR) is 83.2 cm³/mol. The van der Waals surface area contributed by atoms with E-state index < -0.39 is 12.0 Å². The summed E-state index contributed by atoms with van der Waals surface area (Å²) in [7, 11) is 0. The molecule has 2 amide bonds. The third-order valence-electron chi connectivity index (χ3n) is 4.50. The highest BCUT2D eigenvalue weighted by atomic mass is 16.4. The van der Waals surface area contributed by atoms with Crippen LogP contribution in [0.5, 0.6) is 0 Å². The smallest absolute Gasteiger partial charge is 0.326 e. The van der Waals surface area contributed by atoms with E-state index in [4.69, 9.17) is 0 Å². The van der Waals surface area contributed by atoms with Crippen molar-refractivity contribution in [2.45, 2.75) is 77.8 Å². The summed E-state index contributed by atoms with van der Waals surface area (Å²) in [5.41, 5.74) is 0. The number of amides is 2. The molecule has 1 aliphatic carbocycles. The van der Waals surface area contributed by atoms with E-state index in [1.54, 1.807) is 0 Å². The number of hydrogen-bond acceptors (Lipinski definition) is 2. The Balaban J connectivity index is 2.46. The molecule has 0 radical (unpaired) electrons. The first-order chi connectivity index (χ1) is 9.93. The molecule has 0 bridgehead atoms. The van der Waals surface area contributed by atoms with Crippen molar-refractivity contribution in [1.82, 2.24) is 10.6 Å². The van der Waals surface area contributed by atoms with Crippen LogP contribution in [-0.4, -0.2) is 29.2 Å². The Bertz CT molecular complexity index is 340. The summed E-state index contributed by atoms with van der Waals surface area (Å²) in [6.45, 7) is 6.24. The Kier molecular flexibility index (Phi) is 7.54. The van der Waals surface area contributed by atoms with Gasteiger partial charge < -0.3 is 15.7 Å². The van der Waals surface area contributed by atoms with Crippen molar-refractivity contribution in [2.75, 3.05) is 0 Å². The molecule has 5 heteroatoms. The van der Waals surface area contributed by atoms with Crippen LogP contribution in [0.1, 0.15) is 65.7 Å². The molecule has 0 saturated heterocycles. The number of carbonyl (C=O) groups is 2. The fourth-order valence-electron chi connectivity index (χ4n) is 3.08. The number of carboxylic acid groups (broad SMARTS) is 1. The van der Waals surface area contributed by atoms with Crippen LogP contribution in [0, 0.1) is 11.8 Å². The van der Waals surface area contributed by atoms with Crippen LogP contribution < -0.4 is 10.6 Å². The van der Waals surface area contributed by atoms with Crippen molar-refractivity contribution in [3.05, 3.63) is 0 Å². The monoisotopic (exact) mass is 298 g/mol. The zero-order valence-electron chi connectivity index (χ0n) is 13.5. The average Bonchev–Trinajstić information content (AvgIpc) is 2.45. The SMILES string of the molecule is CCC(C)CC(C)NC(=O)NC(C(=O)O)C1CCCCC1. The number of urea groups is 1. The standard InChI is InChI=1S/C16H30N2O3/c1-4-11(2)10-12(3)17-16(21)18-14(15(19)20)13-8-6-5-7-9-13/h11-14H,4-10H2,1-3H3,(H,19,20)(H2,17,18,21). The van der Waals surface area contributed by atoms with Gasteiger partial charge in [-0.15, -0.1) is 0 Å². The molecular weight excluding hydrogens is 268 g/mol. The molecule has 0 aliphatic heterocycles. The van der Waals surface area contributed by atoms with Gasteiger partial charge in [0, 0.05) is 6.04 Å². The van der Waals surface area contributed by atoms with Gasteiger partial charge in [-0.3, -0.25) is 0 Å². The van der Waals surface area contributed by atoms with Gasteiger partial charge in [-0.2, -0.15) is 0 Å². The summed E-state index contributed by atoms with van der Waals surface area (Å²) >= 11 is 0. The van der Waals surface area contributed by atoms with Gasteiger partial charge in [-0.25, -0.2) is 9.59 Å². The van der Waals surface area contributed by atoms with E-state index >= 15 is 0 Å². The molecule has 21 heavy (non-hydrogen) atoms. The normalized spacial score (nSPS) is 20.3. The Morgan fingerprint density at radius 1 is 1.14 bits per heavy atom. The average molecular weight is 298 g/mol. The number of aliphatic carboxylic acids is 1. The van der Waals surface area contributed by atoms with Crippen molar-refractivity contribution < 1.29 is 14.7 Å². The second-order valence-corrected chi connectivity index (χ2v) is 6.48. The summed E-state index contributed by atoms with van der Waals surface area (Å²) in [5, 5.41) is 14.9. The lowest BCUT2D eigenvalue weighted by atomic mass is 9.84. The summed E-state index contributed by atoms with van der Waals surface area (Å²) in [5.74, 6) is -0.313. The molecule has 1 rings (SSSR count). The third-order valence-corrected chi connectivity index (χ3v) is 4.50. The maximum Gasteiger partial charge on any atom is 0.326 e. The van der Waals surface area contributed by atoms with Gasteiger partial charge in [-0.1, -0.05) is 39.5 Å². The number of hydrogen-bond donors (Lipinski definition) is 3. The molecule has 5 nitrogen and oxygen atoms in total. The zero-order valence-corrected chi connectivity index (χ0v) is 13.5. The second-order valence-electron chi connectivity index (χ2n) is 6.48. The maximum atomic E-state index is 12.0. The number of nitrogens with one attached hydrogen (secondary N) is 2. The molecule has 3 atom stereocenters. The van der Waals surface area contributed by atoms with Crippen LogP contribution in [0.2, 0.25) is 0 Å². The highest BCUT2D eigenvalue weighted by molar-refractivity contribution is 5.82. The quantitative estimate of drug-likeness (QED) is 0.675. The largest absolute Gasteiger partial charge is 0.480 e. The van der Waals surface area contributed by atoms with Crippen LogP contribution >= 0.6 is 0 Å². The highest BCUT2D eigenvalue weighted by Crippen LogP contribution is 2.26. The first-order valence-electron chi connectivity index (χ1n) is 8.23. The lowest BCUT2D eigenvalue weighted by Gasteiger charge is -2.28. The van der Waals surface area contributed by atoms with Gasteiger partial charge in [-0.05, 0) is 38.0 Å². The number of carbonyl (C=O) groups excluding carboxylic acids is 1. The van der Waals surface area contributed by atoms with Crippen LogP contribution in [0.25, 0.3) is 0 Å². The van der Waals surface area contributed by atoms with Crippen LogP contribution in [0.4, 0.5) is 4.79 Å². The van der Waals surface area contributed by atoms with Crippen molar-refractivity contribution in [2.24, 2.45) is 11.8 Å². The van der Waals surface area contributed by atoms with E-state index in [2.05, 4.69) is 24.5 Å². The minimum atomic E-state index is -0.924. The van der Waals surface area contributed by atoms with Crippen molar-refractivity contribution in [3.8, 4) is 0 Å². The fourth-order valence-corrected chi connectivity index (χ4v) is 3.08. The van der Waals surface area contributed by atoms with Crippen molar-refractivity contribution >= 4 is 12.0 Å². The molecule has 0 aromatic rings. The Morgan fingerprint density at radius 3 is 2.29 bits per heavy atom. The van der Waals surface area contributed by atoms with E-state index in [0.29, 0.717) is 5.92 Å². The molecule has 1 saturated carbocycles. The molecule has 0 spiro atoms. The van der Waals surface area contributed by atoms with E-state index in [-0.39, 0.29) is 18.0 Å². The van der Waals surface area contributed by atoms with Crippen LogP contribution in [0.3, 0.4) is 0 Å². The first kappa shape index (κ1) is 17.8. The summed E-state index contributed by atoms with van der Waals surface area (Å²) in [6.07, 6.45) is 7.04. The van der Waals surface area contributed by atoms with Crippen molar-refractivity contribution in [3.63, 3.8) is 0 Å². The summed E-state index contributed by atoms with van der Waals surface area (Å²) < 4.78 is 0. The number of rotatable bonds is 7. The molecule has 0 aromatic carbocycles. The van der Waals surface area contributed by atoms with E-state index in [1.807, 2.05) is 6.92 Å². The molecule has 122 valence electrons. The highest BCUT2D eigenvalue weighted by Gasteiger charge is 2.30.